The summed E-state index contributed by atoms with van der Waals surface area (Å²) in [5, 5.41) is 20.0. The van der Waals surface area contributed by atoms with Gasteiger partial charge in [-0.25, -0.2) is 0 Å². The van der Waals surface area contributed by atoms with Gasteiger partial charge in [-0.1, -0.05) is 13.8 Å². The third kappa shape index (κ3) is 1.32. The van der Waals surface area contributed by atoms with Gasteiger partial charge in [0, 0.05) is 5.39 Å². The molecule has 5 heteroatoms. The second-order valence-corrected chi connectivity index (χ2v) is 3.12. The molecule has 2 aromatic heterocycles. The maximum Gasteiger partial charge on any atom is 0.118 e. The maximum atomic E-state index is 4.05. The van der Waals surface area contributed by atoms with E-state index in [2.05, 4.69) is 39.5 Å². The minimum atomic E-state index is 0.321. The summed E-state index contributed by atoms with van der Waals surface area (Å²) in [7, 11) is 0. The molecule has 66 valence electrons. The Morgan fingerprint density at radius 1 is 1.08 bits per heavy atom. The zero-order valence-corrected chi connectivity index (χ0v) is 7.47. The number of aromatic nitrogens is 5. The average molecular weight is 175 g/mol. The van der Waals surface area contributed by atoms with Crippen LogP contribution in [0.3, 0.4) is 0 Å². The molecule has 0 amide bonds. The van der Waals surface area contributed by atoms with Crippen LogP contribution in [0.4, 0.5) is 0 Å². The van der Waals surface area contributed by atoms with Crippen molar-refractivity contribution in [3.63, 3.8) is 0 Å². The monoisotopic (exact) mass is 175 g/mol. The van der Waals surface area contributed by atoms with Crippen LogP contribution in [0.1, 0.15) is 25.5 Å². The smallest absolute Gasteiger partial charge is 0.118 e. The van der Waals surface area contributed by atoms with Gasteiger partial charge in [0.25, 0.3) is 0 Å². The van der Waals surface area contributed by atoms with Crippen molar-refractivity contribution in [3.05, 3.63) is 18.1 Å². The SMILES string of the molecule is CC(C)c1nncc2nnncc12. The lowest BCUT2D eigenvalue weighted by molar-refractivity contribution is 0.789. The van der Waals surface area contributed by atoms with Gasteiger partial charge in [0.05, 0.1) is 18.1 Å². The molecular weight excluding hydrogens is 166 g/mol. The van der Waals surface area contributed by atoms with E-state index in [0.29, 0.717) is 5.92 Å². The molecular formula is C8H9N5. The summed E-state index contributed by atoms with van der Waals surface area (Å²) in [5.74, 6) is 0.321. The Balaban J connectivity index is 2.76. The fourth-order valence-electron chi connectivity index (χ4n) is 1.20. The first-order chi connectivity index (χ1) is 6.29. The fourth-order valence-corrected chi connectivity index (χ4v) is 1.20. The molecule has 0 aliphatic rings. The van der Waals surface area contributed by atoms with Crippen LogP contribution >= 0.6 is 0 Å². The van der Waals surface area contributed by atoms with Gasteiger partial charge in [-0.2, -0.15) is 10.2 Å². The Hall–Kier alpha value is -1.65. The molecule has 2 aromatic rings. The predicted molar refractivity (Wildman–Crippen MR) is 47.0 cm³/mol. The molecule has 0 spiro atoms. The minimum Gasteiger partial charge on any atom is -0.156 e. The van der Waals surface area contributed by atoms with Crippen molar-refractivity contribution < 1.29 is 0 Å². The van der Waals surface area contributed by atoms with Gasteiger partial charge >= 0.3 is 0 Å². The first-order valence-electron chi connectivity index (χ1n) is 4.08. The van der Waals surface area contributed by atoms with Gasteiger partial charge in [-0.3, -0.25) is 0 Å². The van der Waals surface area contributed by atoms with E-state index in [4.69, 9.17) is 0 Å². The summed E-state index contributed by atoms with van der Waals surface area (Å²) in [6.45, 7) is 4.12. The molecule has 0 saturated carbocycles. The van der Waals surface area contributed by atoms with Gasteiger partial charge in [-0.15, -0.1) is 10.2 Å². The lowest BCUT2D eigenvalue weighted by atomic mass is 10.1. The number of hydrogen-bond donors (Lipinski definition) is 0. The summed E-state index contributed by atoms with van der Waals surface area (Å²) in [6.07, 6.45) is 3.27. The molecule has 0 saturated heterocycles. The average Bonchev–Trinajstić information content (AvgIpc) is 2.17. The van der Waals surface area contributed by atoms with E-state index in [9.17, 15) is 0 Å². The molecule has 0 radical (unpaired) electrons. The summed E-state index contributed by atoms with van der Waals surface area (Å²) >= 11 is 0. The number of fused-ring (bicyclic) bond motifs is 1. The van der Waals surface area contributed by atoms with Crippen molar-refractivity contribution >= 4 is 10.9 Å². The third-order valence-electron chi connectivity index (χ3n) is 1.84. The molecule has 0 unspecified atom stereocenters. The van der Waals surface area contributed by atoms with E-state index >= 15 is 0 Å². The standard InChI is InChI=1S/C8H9N5/c1-5(2)8-6-3-10-13-11-7(6)4-9-12-8/h3-5H,1-2H3. The third-order valence-corrected chi connectivity index (χ3v) is 1.84. The zero-order valence-electron chi connectivity index (χ0n) is 7.47. The van der Waals surface area contributed by atoms with Crippen molar-refractivity contribution in [2.24, 2.45) is 0 Å². The van der Waals surface area contributed by atoms with Gasteiger partial charge in [-0.05, 0) is 11.1 Å². The lowest BCUT2D eigenvalue weighted by Gasteiger charge is -2.04. The van der Waals surface area contributed by atoms with Crippen LogP contribution in [0.5, 0.6) is 0 Å². The quantitative estimate of drug-likeness (QED) is 0.645. The Morgan fingerprint density at radius 3 is 2.69 bits per heavy atom. The molecule has 0 aliphatic carbocycles. The molecule has 0 N–H and O–H groups in total. The second kappa shape index (κ2) is 3.01. The zero-order chi connectivity index (χ0) is 9.26. The fraction of sp³-hybridized carbons (Fsp3) is 0.375. The molecule has 0 bridgehead atoms. The van der Waals surface area contributed by atoms with Crippen molar-refractivity contribution in [3.8, 4) is 0 Å². The lowest BCUT2D eigenvalue weighted by Crippen LogP contribution is -1.99. The molecule has 0 aliphatic heterocycles. The topological polar surface area (TPSA) is 64.5 Å². The van der Waals surface area contributed by atoms with Crippen LogP contribution in [0.15, 0.2) is 12.4 Å². The van der Waals surface area contributed by atoms with E-state index in [1.807, 2.05) is 0 Å². The normalized spacial score (nSPS) is 11.0. The van der Waals surface area contributed by atoms with Crippen LogP contribution in [0, 0.1) is 0 Å². The predicted octanol–water partition coefficient (Wildman–Crippen LogP) is 0.938. The first-order valence-corrected chi connectivity index (χ1v) is 4.08. The highest BCUT2D eigenvalue weighted by molar-refractivity contribution is 5.78. The van der Waals surface area contributed by atoms with Crippen molar-refractivity contribution in [1.29, 1.82) is 0 Å². The van der Waals surface area contributed by atoms with Crippen LogP contribution in [0.2, 0.25) is 0 Å². The molecule has 2 rings (SSSR count). The van der Waals surface area contributed by atoms with E-state index in [1.54, 1.807) is 12.4 Å². The first kappa shape index (κ1) is 7.97. The number of hydrogen-bond acceptors (Lipinski definition) is 5. The van der Waals surface area contributed by atoms with Crippen LogP contribution < -0.4 is 0 Å². The maximum absolute atomic E-state index is 4.05. The summed E-state index contributed by atoms with van der Waals surface area (Å²) in [4.78, 5) is 0. The number of nitrogens with zero attached hydrogens (tertiary/aromatic N) is 5. The Morgan fingerprint density at radius 2 is 1.92 bits per heavy atom. The van der Waals surface area contributed by atoms with E-state index < -0.39 is 0 Å². The molecule has 5 nitrogen and oxygen atoms in total. The summed E-state index contributed by atoms with van der Waals surface area (Å²) in [6, 6.07) is 0. The highest BCUT2D eigenvalue weighted by Gasteiger charge is 2.07. The molecule has 0 atom stereocenters. The molecule has 13 heavy (non-hydrogen) atoms. The largest absolute Gasteiger partial charge is 0.156 e. The Bertz CT molecular complexity index is 420. The van der Waals surface area contributed by atoms with Gasteiger partial charge in [0.15, 0.2) is 0 Å². The van der Waals surface area contributed by atoms with Crippen molar-refractivity contribution in [2.75, 3.05) is 0 Å². The minimum absolute atomic E-state index is 0.321. The van der Waals surface area contributed by atoms with E-state index in [0.717, 1.165) is 16.6 Å². The Kier molecular flexibility index (Phi) is 1.84. The van der Waals surface area contributed by atoms with Crippen LogP contribution in [0.25, 0.3) is 10.9 Å². The second-order valence-electron chi connectivity index (χ2n) is 3.12. The van der Waals surface area contributed by atoms with Gasteiger partial charge < -0.3 is 0 Å². The van der Waals surface area contributed by atoms with Crippen molar-refractivity contribution in [1.82, 2.24) is 25.6 Å². The Labute approximate surface area is 75.2 Å². The van der Waals surface area contributed by atoms with E-state index in [1.165, 1.54) is 0 Å². The van der Waals surface area contributed by atoms with Gasteiger partial charge in [0.1, 0.15) is 5.52 Å². The molecule has 0 fully saturated rings. The molecule has 0 aromatic carbocycles. The molecule has 2 heterocycles. The van der Waals surface area contributed by atoms with Crippen LogP contribution in [-0.4, -0.2) is 25.6 Å². The summed E-state index contributed by atoms with van der Waals surface area (Å²) in [5.41, 5.74) is 1.66. The van der Waals surface area contributed by atoms with E-state index in [-0.39, 0.29) is 0 Å². The summed E-state index contributed by atoms with van der Waals surface area (Å²) < 4.78 is 0. The number of rotatable bonds is 1. The van der Waals surface area contributed by atoms with Crippen LogP contribution in [-0.2, 0) is 0 Å². The van der Waals surface area contributed by atoms with Crippen molar-refractivity contribution in [2.45, 2.75) is 19.8 Å². The highest BCUT2D eigenvalue weighted by Crippen LogP contribution is 2.18. The van der Waals surface area contributed by atoms with Gasteiger partial charge in [0.2, 0.25) is 0 Å². The highest BCUT2D eigenvalue weighted by atomic mass is 15.3.